The van der Waals surface area contributed by atoms with Crippen molar-refractivity contribution in [1.29, 1.82) is 0 Å². The first-order chi connectivity index (χ1) is 9.88. The van der Waals surface area contributed by atoms with Gasteiger partial charge in [-0.3, -0.25) is 4.79 Å². The number of hydrogen-bond donors (Lipinski definition) is 2. The Balaban J connectivity index is 2.29. The molecule has 0 unspecified atom stereocenters. The third kappa shape index (κ3) is 3.56. The second-order valence-electron chi connectivity index (χ2n) is 3.95. The van der Waals surface area contributed by atoms with Gasteiger partial charge in [-0.05, 0) is 40.2 Å². The molecule has 2 rings (SSSR count). The zero-order chi connectivity index (χ0) is 15.6. The summed E-state index contributed by atoms with van der Waals surface area (Å²) in [5.74, 6) is -2.90. The fraction of sp³-hybridized carbons (Fsp3) is 0. The summed E-state index contributed by atoms with van der Waals surface area (Å²) in [7, 11) is 0. The van der Waals surface area contributed by atoms with Gasteiger partial charge >= 0.3 is 5.97 Å². The first-order valence-electron chi connectivity index (χ1n) is 5.53. The number of amides is 1. The van der Waals surface area contributed by atoms with Crippen molar-refractivity contribution in [3.8, 4) is 0 Å². The number of carbonyl (C=O) groups excluding carboxylic acids is 1. The van der Waals surface area contributed by atoms with Gasteiger partial charge in [0, 0.05) is 16.4 Å². The minimum Gasteiger partial charge on any atom is -0.478 e. The molecule has 0 atom stereocenters. The summed E-state index contributed by atoms with van der Waals surface area (Å²) >= 11 is 8.98. The molecule has 1 aromatic carbocycles. The minimum atomic E-state index is -1.43. The maximum atomic E-state index is 13.3. The lowest BCUT2D eigenvalue weighted by molar-refractivity contribution is 0.0691. The molecule has 0 radical (unpaired) electrons. The van der Waals surface area contributed by atoms with Crippen LogP contribution < -0.4 is 5.32 Å². The van der Waals surface area contributed by atoms with Crippen LogP contribution in [0.4, 0.5) is 10.1 Å². The number of carboxylic acids is 1. The van der Waals surface area contributed by atoms with Gasteiger partial charge in [-0.15, -0.1) is 0 Å². The molecule has 0 aliphatic rings. The molecular weight excluding hydrogens is 367 g/mol. The largest absolute Gasteiger partial charge is 0.478 e. The molecule has 2 N–H and O–H groups in total. The van der Waals surface area contributed by atoms with E-state index in [1.807, 2.05) is 0 Å². The summed E-state index contributed by atoms with van der Waals surface area (Å²) in [6.45, 7) is 0. The molecule has 2 aromatic rings. The normalized spacial score (nSPS) is 10.2. The van der Waals surface area contributed by atoms with Gasteiger partial charge < -0.3 is 10.4 Å². The van der Waals surface area contributed by atoms with E-state index in [-0.39, 0.29) is 16.4 Å². The monoisotopic (exact) mass is 372 g/mol. The SMILES string of the molecule is O=C(O)c1cc(NC(=O)c2cc(Br)cnc2Cl)ccc1F. The third-order valence-electron chi connectivity index (χ3n) is 2.50. The maximum Gasteiger partial charge on any atom is 0.338 e. The molecule has 8 heteroatoms. The Hall–Kier alpha value is -1.99. The summed E-state index contributed by atoms with van der Waals surface area (Å²) in [6, 6.07) is 4.69. The highest BCUT2D eigenvalue weighted by molar-refractivity contribution is 9.10. The standard InChI is InChI=1S/C13H7BrClFN2O3/c14-6-3-9(11(15)17-5-6)12(19)18-7-1-2-10(16)8(4-7)13(20)21/h1-5H,(H,18,19)(H,20,21). The van der Waals surface area contributed by atoms with Crippen LogP contribution in [0.5, 0.6) is 0 Å². The number of carbonyl (C=O) groups is 2. The fourth-order valence-electron chi connectivity index (χ4n) is 1.55. The van der Waals surface area contributed by atoms with E-state index in [1.165, 1.54) is 18.3 Å². The number of carboxylic acid groups (broad SMARTS) is 1. The molecule has 0 saturated carbocycles. The lowest BCUT2D eigenvalue weighted by atomic mass is 10.2. The topological polar surface area (TPSA) is 79.3 Å². The molecule has 1 heterocycles. The predicted octanol–water partition coefficient (Wildman–Crippen LogP) is 3.59. The molecule has 1 amide bonds. The van der Waals surface area contributed by atoms with Crippen LogP contribution in [0.3, 0.4) is 0 Å². The molecular formula is C13H7BrClFN2O3. The Morgan fingerprint density at radius 3 is 2.67 bits per heavy atom. The highest BCUT2D eigenvalue weighted by Gasteiger charge is 2.15. The Bertz CT molecular complexity index is 739. The van der Waals surface area contributed by atoms with Gasteiger partial charge in [-0.2, -0.15) is 0 Å². The lowest BCUT2D eigenvalue weighted by Crippen LogP contribution is -2.14. The highest BCUT2D eigenvalue weighted by atomic mass is 79.9. The molecule has 0 aliphatic heterocycles. The van der Waals surface area contributed by atoms with E-state index in [9.17, 15) is 14.0 Å². The van der Waals surface area contributed by atoms with Crippen molar-refractivity contribution < 1.29 is 19.1 Å². The van der Waals surface area contributed by atoms with Gasteiger partial charge in [0.25, 0.3) is 5.91 Å². The van der Waals surface area contributed by atoms with Crippen molar-refractivity contribution in [3.63, 3.8) is 0 Å². The first kappa shape index (κ1) is 15.4. The number of rotatable bonds is 3. The smallest absolute Gasteiger partial charge is 0.338 e. The van der Waals surface area contributed by atoms with Crippen LogP contribution in [0.25, 0.3) is 0 Å². The maximum absolute atomic E-state index is 13.3. The van der Waals surface area contributed by atoms with Crippen molar-refractivity contribution >= 4 is 45.1 Å². The predicted molar refractivity (Wildman–Crippen MR) is 78.3 cm³/mol. The van der Waals surface area contributed by atoms with Crippen LogP contribution in [0.15, 0.2) is 34.9 Å². The number of pyridine rings is 1. The van der Waals surface area contributed by atoms with E-state index in [4.69, 9.17) is 16.7 Å². The molecule has 0 saturated heterocycles. The molecule has 0 aliphatic carbocycles. The fourth-order valence-corrected chi connectivity index (χ4v) is 2.07. The number of aromatic nitrogens is 1. The van der Waals surface area contributed by atoms with E-state index < -0.39 is 23.3 Å². The number of nitrogens with one attached hydrogen (secondary N) is 1. The van der Waals surface area contributed by atoms with Gasteiger partial charge in [0.15, 0.2) is 0 Å². The molecule has 5 nitrogen and oxygen atoms in total. The highest BCUT2D eigenvalue weighted by Crippen LogP contribution is 2.20. The van der Waals surface area contributed by atoms with E-state index >= 15 is 0 Å². The van der Waals surface area contributed by atoms with Crippen LogP contribution in [0.1, 0.15) is 20.7 Å². The zero-order valence-corrected chi connectivity index (χ0v) is 12.6. The van der Waals surface area contributed by atoms with Gasteiger partial charge in [-0.25, -0.2) is 14.2 Å². The molecule has 1 aromatic heterocycles. The van der Waals surface area contributed by atoms with Gasteiger partial charge in [-0.1, -0.05) is 11.6 Å². The summed E-state index contributed by atoms with van der Waals surface area (Å²) in [6.07, 6.45) is 1.43. The average Bonchev–Trinajstić information content (AvgIpc) is 2.43. The molecule has 21 heavy (non-hydrogen) atoms. The van der Waals surface area contributed by atoms with Crippen LogP contribution in [-0.2, 0) is 0 Å². The van der Waals surface area contributed by atoms with Crippen molar-refractivity contribution in [3.05, 3.63) is 57.0 Å². The number of aromatic carboxylic acids is 1. The second-order valence-corrected chi connectivity index (χ2v) is 5.22. The van der Waals surface area contributed by atoms with E-state index in [2.05, 4.69) is 26.2 Å². The zero-order valence-electron chi connectivity index (χ0n) is 10.2. The number of anilines is 1. The second kappa shape index (κ2) is 6.19. The lowest BCUT2D eigenvalue weighted by Gasteiger charge is -2.08. The van der Waals surface area contributed by atoms with Crippen LogP contribution in [-0.4, -0.2) is 22.0 Å². The van der Waals surface area contributed by atoms with Crippen LogP contribution in [0.2, 0.25) is 5.15 Å². The first-order valence-corrected chi connectivity index (χ1v) is 6.71. The van der Waals surface area contributed by atoms with Gasteiger partial charge in [0.2, 0.25) is 0 Å². The molecule has 0 bridgehead atoms. The third-order valence-corrected chi connectivity index (χ3v) is 3.24. The summed E-state index contributed by atoms with van der Waals surface area (Å²) in [4.78, 5) is 26.7. The van der Waals surface area contributed by atoms with Gasteiger partial charge in [0.05, 0.1) is 11.1 Å². The summed E-state index contributed by atoms with van der Waals surface area (Å²) in [5.41, 5.74) is -0.298. The minimum absolute atomic E-state index is 0.00345. The van der Waals surface area contributed by atoms with E-state index in [0.717, 1.165) is 12.1 Å². The molecule has 0 spiro atoms. The van der Waals surface area contributed by atoms with E-state index in [0.29, 0.717) is 4.47 Å². The quantitative estimate of drug-likeness (QED) is 0.806. The summed E-state index contributed by atoms with van der Waals surface area (Å²) < 4.78 is 13.8. The molecule has 108 valence electrons. The average molecular weight is 374 g/mol. The Labute approximate surface area is 131 Å². The number of hydrogen-bond acceptors (Lipinski definition) is 3. The van der Waals surface area contributed by atoms with Crippen molar-refractivity contribution in [2.24, 2.45) is 0 Å². The van der Waals surface area contributed by atoms with E-state index in [1.54, 1.807) is 0 Å². The Morgan fingerprint density at radius 1 is 1.29 bits per heavy atom. The molecule has 0 fully saturated rings. The van der Waals surface area contributed by atoms with Crippen molar-refractivity contribution in [1.82, 2.24) is 4.98 Å². The van der Waals surface area contributed by atoms with Crippen molar-refractivity contribution in [2.75, 3.05) is 5.32 Å². The van der Waals surface area contributed by atoms with Crippen molar-refractivity contribution in [2.45, 2.75) is 0 Å². The number of nitrogens with zero attached hydrogens (tertiary/aromatic N) is 1. The number of benzene rings is 1. The Morgan fingerprint density at radius 2 is 2.00 bits per heavy atom. The number of halogens is 3. The van der Waals surface area contributed by atoms with Crippen LogP contribution >= 0.6 is 27.5 Å². The summed E-state index contributed by atoms with van der Waals surface area (Å²) in [5, 5.41) is 11.3. The van der Waals surface area contributed by atoms with Crippen LogP contribution in [0, 0.1) is 5.82 Å². The van der Waals surface area contributed by atoms with Gasteiger partial charge in [0.1, 0.15) is 11.0 Å². The Kier molecular flexibility index (Phi) is 4.54.